The Bertz CT molecular complexity index is 820. The third-order valence-electron chi connectivity index (χ3n) is 4.73. The molecule has 0 N–H and O–H groups in total. The van der Waals surface area contributed by atoms with Crippen molar-refractivity contribution in [2.24, 2.45) is 0 Å². The van der Waals surface area contributed by atoms with Gasteiger partial charge in [-0.15, -0.1) is 0 Å². The number of hydrogen-bond donors (Lipinski definition) is 0. The molecule has 0 aliphatic carbocycles. The van der Waals surface area contributed by atoms with E-state index in [1.165, 1.54) is 11.6 Å². The highest BCUT2D eigenvalue weighted by Crippen LogP contribution is 2.34. The number of halogens is 3. The highest BCUT2D eigenvalue weighted by atomic mass is 19.4. The van der Waals surface area contributed by atoms with Crippen LogP contribution in [-0.2, 0) is 12.7 Å². The van der Waals surface area contributed by atoms with Gasteiger partial charge in [-0.2, -0.15) is 18.4 Å². The van der Waals surface area contributed by atoms with Crippen molar-refractivity contribution < 1.29 is 17.9 Å². The topological polar surface area (TPSA) is 39.5 Å². The van der Waals surface area contributed by atoms with Crippen molar-refractivity contribution >= 4 is 5.69 Å². The van der Waals surface area contributed by atoms with E-state index in [1.54, 1.807) is 19.2 Å². The number of benzene rings is 2. The first kappa shape index (κ1) is 19.1. The van der Waals surface area contributed by atoms with Crippen LogP contribution in [-0.4, -0.2) is 38.2 Å². The number of nitrogens with zero attached hydrogens (tertiary/aromatic N) is 3. The van der Waals surface area contributed by atoms with Crippen LogP contribution in [0.4, 0.5) is 18.9 Å². The molecule has 1 aliphatic rings. The van der Waals surface area contributed by atoms with Gasteiger partial charge in [0.05, 0.1) is 24.3 Å². The summed E-state index contributed by atoms with van der Waals surface area (Å²) in [6.45, 7) is 3.58. The third kappa shape index (κ3) is 4.52. The normalized spacial score (nSPS) is 15.4. The van der Waals surface area contributed by atoms with Gasteiger partial charge in [0.25, 0.3) is 0 Å². The summed E-state index contributed by atoms with van der Waals surface area (Å²) in [5.74, 6) is 0.810. The molecule has 1 saturated heterocycles. The molecule has 1 heterocycles. The Morgan fingerprint density at radius 2 is 1.70 bits per heavy atom. The van der Waals surface area contributed by atoms with Crippen LogP contribution in [0, 0.1) is 11.3 Å². The first-order chi connectivity index (χ1) is 12.9. The average molecular weight is 375 g/mol. The van der Waals surface area contributed by atoms with Gasteiger partial charge in [0.1, 0.15) is 5.75 Å². The fourth-order valence-electron chi connectivity index (χ4n) is 3.21. The van der Waals surface area contributed by atoms with E-state index in [2.05, 4.69) is 4.90 Å². The summed E-state index contributed by atoms with van der Waals surface area (Å²) in [4.78, 5) is 4.20. The monoisotopic (exact) mass is 375 g/mol. The van der Waals surface area contributed by atoms with E-state index in [0.29, 0.717) is 18.8 Å². The van der Waals surface area contributed by atoms with E-state index in [1.807, 2.05) is 29.2 Å². The van der Waals surface area contributed by atoms with Crippen molar-refractivity contribution in [1.82, 2.24) is 4.90 Å². The molecular weight excluding hydrogens is 355 g/mol. The fraction of sp³-hybridized carbons (Fsp3) is 0.350. The number of piperazine rings is 1. The zero-order chi connectivity index (χ0) is 19.4. The average Bonchev–Trinajstić information content (AvgIpc) is 2.68. The van der Waals surface area contributed by atoms with Gasteiger partial charge in [0.15, 0.2) is 0 Å². The summed E-state index contributed by atoms with van der Waals surface area (Å²) in [5.41, 5.74) is 0.458. The van der Waals surface area contributed by atoms with Crippen molar-refractivity contribution in [3.8, 4) is 11.8 Å². The summed E-state index contributed by atoms with van der Waals surface area (Å²) in [6, 6.07) is 13.4. The van der Waals surface area contributed by atoms with Crippen LogP contribution in [0.15, 0.2) is 42.5 Å². The molecule has 0 unspecified atom stereocenters. The zero-order valence-corrected chi connectivity index (χ0v) is 15.0. The van der Waals surface area contributed by atoms with Crippen molar-refractivity contribution in [3.05, 3.63) is 59.2 Å². The van der Waals surface area contributed by atoms with Gasteiger partial charge in [0.2, 0.25) is 0 Å². The van der Waals surface area contributed by atoms with Crippen molar-refractivity contribution in [2.75, 3.05) is 38.2 Å². The van der Waals surface area contributed by atoms with Crippen LogP contribution in [0.5, 0.6) is 5.75 Å². The maximum Gasteiger partial charge on any atom is 0.417 e. The quantitative estimate of drug-likeness (QED) is 0.812. The van der Waals surface area contributed by atoms with E-state index < -0.39 is 11.7 Å². The van der Waals surface area contributed by atoms with Crippen LogP contribution >= 0.6 is 0 Å². The first-order valence-electron chi connectivity index (χ1n) is 8.62. The number of rotatable bonds is 4. The van der Waals surface area contributed by atoms with Crippen molar-refractivity contribution in [1.29, 1.82) is 5.26 Å². The summed E-state index contributed by atoms with van der Waals surface area (Å²) < 4.78 is 44.6. The molecule has 142 valence electrons. The SMILES string of the molecule is COc1ccc(CN2CCN(c3ccc(C#N)c(C(F)(F)F)c3)CC2)cc1. The number of anilines is 1. The molecule has 2 aromatic rings. The van der Waals surface area contributed by atoms with Crippen LogP contribution in [0.2, 0.25) is 0 Å². The Labute approximate surface area is 156 Å². The molecular formula is C20H20F3N3O. The summed E-state index contributed by atoms with van der Waals surface area (Å²) in [6.07, 6.45) is -4.53. The Balaban J connectivity index is 1.64. The number of hydrogen-bond acceptors (Lipinski definition) is 4. The number of nitriles is 1. The Hall–Kier alpha value is -2.72. The second kappa shape index (κ2) is 7.89. The van der Waals surface area contributed by atoms with E-state index in [4.69, 9.17) is 10.00 Å². The highest BCUT2D eigenvalue weighted by Gasteiger charge is 2.34. The maximum absolute atomic E-state index is 13.2. The van der Waals surface area contributed by atoms with Gasteiger partial charge < -0.3 is 9.64 Å². The molecule has 0 amide bonds. The first-order valence-corrected chi connectivity index (χ1v) is 8.62. The lowest BCUT2D eigenvalue weighted by Gasteiger charge is -2.36. The summed E-state index contributed by atoms with van der Waals surface area (Å²) in [7, 11) is 1.63. The number of ether oxygens (including phenoxy) is 1. The van der Waals surface area contributed by atoms with Crippen molar-refractivity contribution in [3.63, 3.8) is 0 Å². The highest BCUT2D eigenvalue weighted by molar-refractivity contribution is 5.55. The van der Waals surface area contributed by atoms with Gasteiger partial charge in [-0.1, -0.05) is 12.1 Å². The minimum absolute atomic E-state index is 0.343. The van der Waals surface area contributed by atoms with Gasteiger partial charge >= 0.3 is 6.18 Å². The Morgan fingerprint density at radius 1 is 1.04 bits per heavy atom. The molecule has 3 rings (SSSR count). The van der Waals surface area contributed by atoms with Crippen molar-refractivity contribution in [2.45, 2.75) is 12.7 Å². The lowest BCUT2D eigenvalue weighted by Crippen LogP contribution is -2.46. The molecule has 4 nitrogen and oxygen atoms in total. The molecule has 0 aromatic heterocycles. The fourth-order valence-corrected chi connectivity index (χ4v) is 3.21. The van der Waals surface area contributed by atoms with Crippen LogP contribution in [0.25, 0.3) is 0 Å². The molecule has 2 aromatic carbocycles. The van der Waals surface area contributed by atoms with Gasteiger partial charge in [-0.25, -0.2) is 0 Å². The smallest absolute Gasteiger partial charge is 0.417 e. The van der Waals surface area contributed by atoms with E-state index in [0.717, 1.165) is 31.5 Å². The van der Waals surface area contributed by atoms with Gasteiger partial charge in [0, 0.05) is 38.4 Å². The Morgan fingerprint density at radius 3 is 2.26 bits per heavy atom. The van der Waals surface area contributed by atoms with E-state index in [-0.39, 0.29) is 5.56 Å². The molecule has 0 saturated carbocycles. The molecule has 0 spiro atoms. The van der Waals surface area contributed by atoms with E-state index in [9.17, 15) is 13.2 Å². The lowest BCUT2D eigenvalue weighted by molar-refractivity contribution is -0.137. The van der Waals surface area contributed by atoms with E-state index >= 15 is 0 Å². The third-order valence-corrected chi connectivity index (χ3v) is 4.73. The molecule has 27 heavy (non-hydrogen) atoms. The predicted octanol–water partition coefficient (Wildman–Crippen LogP) is 3.91. The molecule has 0 bridgehead atoms. The second-order valence-corrected chi connectivity index (χ2v) is 6.45. The summed E-state index contributed by atoms with van der Waals surface area (Å²) >= 11 is 0. The maximum atomic E-state index is 13.2. The Kier molecular flexibility index (Phi) is 5.57. The zero-order valence-electron chi connectivity index (χ0n) is 15.0. The predicted molar refractivity (Wildman–Crippen MR) is 96.6 cm³/mol. The van der Waals surface area contributed by atoms with Crippen LogP contribution in [0.1, 0.15) is 16.7 Å². The standard InChI is InChI=1S/C20H20F3N3O/c1-27-18-6-2-15(3-7-18)14-25-8-10-26(11-9-25)17-5-4-16(13-24)19(12-17)20(21,22)23/h2-7,12H,8-11,14H2,1H3. The number of alkyl halides is 3. The minimum atomic E-state index is -4.53. The molecule has 0 atom stereocenters. The molecule has 7 heteroatoms. The van der Waals surface area contributed by atoms with Gasteiger partial charge in [-0.05, 0) is 35.9 Å². The lowest BCUT2D eigenvalue weighted by atomic mass is 10.1. The molecule has 1 aliphatic heterocycles. The minimum Gasteiger partial charge on any atom is -0.497 e. The summed E-state index contributed by atoms with van der Waals surface area (Å²) in [5, 5.41) is 8.91. The van der Waals surface area contributed by atoms with Gasteiger partial charge in [-0.3, -0.25) is 4.90 Å². The molecule has 0 radical (unpaired) electrons. The largest absolute Gasteiger partial charge is 0.497 e. The molecule has 1 fully saturated rings. The second-order valence-electron chi connectivity index (χ2n) is 6.45. The van der Waals surface area contributed by atoms with Crippen LogP contribution in [0.3, 0.4) is 0 Å². The van der Waals surface area contributed by atoms with Crippen LogP contribution < -0.4 is 9.64 Å². The number of methoxy groups -OCH3 is 1.